The van der Waals surface area contributed by atoms with Gasteiger partial charge in [-0.05, 0) is 55.0 Å². The maximum atomic E-state index is 13.8. The molecule has 1 fully saturated rings. The molecule has 4 aromatic rings. The number of hydrogen-bond acceptors (Lipinski definition) is 6. The predicted molar refractivity (Wildman–Crippen MR) is 146 cm³/mol. The fraction of sp³-hybridized carbons (Fsp3) is 0.241. The minimum absolute atomic E-state index is 0.0986. The Morgan fingerprint density at radius 3 is 2.56 bits per heavy atom. The highest BCUT2D eigenvalue weighted by Gasteiger charge is 2.26. The smallest absolute Gasteiger partial charge is 0.254 e. The maximum Gasteiger partial charge on any atom is 0.254 e. The van der Waals surface area contributed by atoms with E-state index in [1.165, 1.54) is 35.4 Å². The summed E-state index contributed by atoms with van der Waals surface area (Å²) in [6.45, 7) is 2.24. The Bertz CT molecular complexity index is 1430. The van der Waals surface area contributed by atoms with Gasteiger partial charge >= 0.3 is 0 Å². The fourth-order valence-corrected chi connectivity index (χ4v) is 4.79. The molecular formula is C29H27ClFN5O3. The lowest BCUT2D eigenvalue weighted by molar-refractivity contribution is -0.131. The van der Waals surface area contributed by atoms with Gasteiger partial charge < -0.3 is 19.1 Å². The summed E-state index contributed by atoms with van der Waals surface area (Å²) < 4.78 is 19.2. The summed E-state index contributed by atoms with van der Waals surface area (Å²) in [5.41, 5.74) is 1.68. The minimum atomic E-state index is -0.513. The van der Waals surface area contributed by atoms with Crippen molar-refractivity contribution in [3.05, 3.63) is 101 Å². The van der Waals surface area contributed by atoms with Crippen LogP contribution in [-0.4, -0.2) is 64.5 Å². The van der Waals surface area contributed by atoms with E-state index in [2.05, 4.69) is 15.1 Å². The third-order valence-electron chi connectivity index (χ3n) is 6.58. The van der Waals surface area contributed by atoms with Crippen LogP contribution < -0.4 is 4.90 Å². The summed E-state index contributed by atoms with van der Waals surface area (Å²) in [4.78, 5) is 31.8. The lowest BCUT2D eigenvalue weighted by Crippen LogP contribution is -2.44. The van der Waals surface area contributed by atoms with Gasteiger partial charge in [-0.25, -0.2) is 4.39 Å². The molecule has 1 aliphatic heterocycles. The van der Waals surface area contributed by atoms with Crippen molar-refractivity contribution >= 4 is 29.2 Å². The maximum absolute atomic E-state index is 13.8. The molecule has 0 bridgehead atoms. The van der Waals surface area contributed by atoms with Crippen LogP contribution in [0.4, 0.5) is 10.2 Å². The zero-order valence-corrected chi connectivity index (χ0v) is 21.9. The fourth-order valence-electron chi connectivity index (χ4n) is 4.56. The number of aromatic nitrogens is 2. The van der Waals surface area contributed by atoms with Gasteiger partial charge in [-0.3, -0.25) is 9.59 Å². The van der Waals surface area contributed by atoms with E-state index >= 15 is 0 Å². The van der Waals surface area contributed by atoms with Crippen molar-refractivity contribution in [2.24, 2.45) is 0 Å². The van der Waals surface area contributed by atoms with E-state index < -0.39 is 11.7 Å². The van der Waals surface area contributed by atoms with Gasteiger partial charge in [0.1, 0.15) is 18.1 Å². The number of nitrogens with zero attached hydrogens (tertiary/aromatic N) is 5. The first-order chi connectivity index (χ1) is 19.0. The molecule has 0 spiro atoms. The summed E-state index contributed by atoms with van der Waals surface area (Å²) in [7, 11) is 0. The molecule has 39 heavy (non-hydrogen) atoms. The highest BCUT2D eigenvalue weighted by Crippen LogP contribution is 2.26. The zero-order chi connectivity index (χ0) is 27.2. The molecule has 0 unspecified atom stereocenters. The Labute approximate surface area is 230 Å². The molecule has 2 aromatic heterocycles. The molecule has 0 atom stereocenters. The van der Waals surface area contributed by atoms with Crippen LogP contribution in [0.2, 0.25) is 5.02 Å². The number of hydrogen-bond donors (Lipinski definition) is 0. The van der Waals surface area contributed by atoms with Gasteiger partial charge in [-0.15, -0.1) is 10.2 Å². The molecule has 0 saturated carbocycles. The Morgan fingerprint density at radius 1 is 0.949 bits per heavy atom. The van der Waals surface area contributed by atoms with E-state index in [0.717, 1.165) is 17.8 Å². The second-order valence-electron chi connectivity index (χ2n) is 9.23. The monoisotopic (exact) mass is 547 g/mol. The second kappa shape index (κ2) is 12.1. The predicted octanol–water partition coefficient (Wildman–Crippen LogP) is 4.91. The van der Waals surface area contributed by atoms with Crippen molar-refractivity contribution in [2.45, 2.75) is 13.0 Å². The topological polar surface area (TPSA) is 82.8 Å². The van der Waals surface area contributed by atoms with Crippen LogP contribution in [0.5, 0.6) is 0 Å². The second-order valence-corrected chi connectivity index (χ2v) is 9.64. The van der Waals surface area contributed by atoms with Crippen LogP contribution in [0, 0.1) is 5.82 Å². The first-order valence-electron chi connectivity index (χ1n) is 12.7. The van der Waals surface area contributed by atoms with Crippen molar-refractivity contribution in [3.8, 4) is 11.3 Å². The normalized spacial score (nSPS) is 13.7. The summed E-state index contributed by atoms with van der Waals surface area (Å²) in [5, 5.41) is 9.38. The Kier molecular flexibility index (Phi) is 8.17. The van der Waals surface area contributed by atoms with E-state index in [0.29, 0.717) is 42.7 Å². The number of carbonyl (C=O) groups excluding carboxylic acids is 2. The van der Waals surface area contributed by atoms with Crippen LogP contribution in [0.1, 0.15) is 22.5 Å². The van der Waals surface area contributed by atoms with Gasteiger partial charge in [0.05, 0.1) is 23.5 Å². The summed E-state index contributed by atoms with van der Waals surface area (Å²) >= 11 is 6.29. The zero-order valence-electron chi connectivity index (χ0n) is 21.2. The number of anilines is 1. The van der Waals surface area contributed by atoms with E-state index in [1.54, 1.807) is 17.0 Å². The SMILES string of the molecule is O=C(CN(Cc1ccco1)C(=O)c1cccc(F)c1)N1CCCN(c2ccc(-c3ccccc3Cl)nn2)CC1. The summed E-state index contributed by atoms with van der Waals surface area (Å²) in [5.74, 6) is 0.118. The third-order valence-corrected chi connectivity index (χ3v) is 6.91. The minimum Gasteiger partial charge on any atom is -0.467 e. The molecule has 200 valence electrons. The average molecular weight is 548 g/mol. The highest BCUT2D eigenvalue weighted by atomic mass is 35.5. The molecule has 10 heteroatoms. The van der Waals surface area contributed by atoms with Crippen LogP contribution in [-0.2, 0) is 11.3 Å². The van der Waals surface area contributed by atoms with E-state index in [4.69, 9.17) is 16.0 Å². The van der Waals surface area contributed by atoms with Crippen molar-refractivity contribution in [2.75, 3.05) is 37.6 Å². The van der Waals surface area contributed by atoms with Crippen molar-refractivity contribution in [1.82, 2.24) is 20.0 Å². The number of furan rings is 1. The molecule has 2 amide bonds. The first-order valence-corrected chi connectivity index (χ1v) is 13.0. The number of amides is 2. The van der Waals surface area contributed by atoms with Gasteiger partial charge in [0.25, 0.3) is 5.91 Å². The summed E-state index contributed by atoms with van der Waals surface area (Å²) in [6.07, 6.45) is 2.24. The van der Waals surface area contributed by atoms with Gasteiger partial charge in [-0.1, -0.05) is 35.9 Å². The van der Waals surface area contributed by atoms with E-state index in [-0.39, 0.29) is 24.6 Å². The van der Waals surface area contributed by atoms with Gasteiger partial charge in [0, 0.05) is 37.3 Å². The molecule has 0 N–H and O–H groups in total. The number of halogens is 2. The first kappa shape index (κ1) is 26.4. The lowest BCUT2D eigenvalue weighted by Gasteiger charge is -2.27. The van der Waals surface area contributed by atoms with Crippen molar-refractivity contribution in [3.63, 3.8) is 0 Å². The summed E-state index contributed by atoms with van der Waals surface area (Å²) in [6, 6.07) is 20.2. The standard InChI is InChI=1S/C29H27ClFN5O3/c30-25-10-2-1-9-24(25)26-11-12-27(33-32-26)34-13-5-14-35(16-15-34)28(37)20-36(19-23-8-4-17-39-23)29(38)21-6-3-7-22(31)18-21/h1-4,6-12,17-18H,5,13-16,19-20H2. The van der Waals surface area contributed by atoms with Crippen LogP contribution in [0.3, 0.4) is 0 Å². The molecular weight excluding hydrogens is 521 g/mol. The van der Waals surface area contributed by atoms with E-state index in [9.17, 15) is 14.0 Å². The quantitative estimate of drug-likeness (QED) is 0.327. The lowest BCUT2D eigenvalue weighted by atomic mass is 10.1. The number of benzene rings is 2. The molecule has 2 aromatic carbocycles. The molecule has 3 heterocycles. The third kappa shape index (κ3) is 6.43. The molecule has 0 aliphatic carbocycles. The molecule has 1 saturated heterocycles. The van der Waals surface area contributed by atoms with Gasteiger partial charge in [0.2, 0.25) is 5.91 Å². The Morgan fingerprint density at radius 2 is 1.82 bits per heavy atom. The largest absolute Gasteiger partial charge is 0.467 e. The van der Waals surface area contributed by atoms with Crippen LogP contribution in [0.25, 0.3) is 11.3 Å². The Hall–Kier alpha value is -4.24. The van der Waals surface area contributed by atoms with Gasteiger partial charge in [0.15, 0.2) is 5.82 Å². The van der Waals surface area contributed by atoms with Crippen LogP contribution >= 0.6 is 11.6 Å². The molecule has 1 aliphatic rings. The molecule has 8 nitrogen and oxygen atoms in total. The van der Waals surface area contributed by atoms with Crippen molar-refractivity contribution in [1.29, 1.82) is 0 Å². The highest BCUT2D eigenvalue weighted by molar-refractivity contribution is 6.33. The Balaban J connectivity index is 1.24. The molecule has 5 rings (SSSR count). The van der Waals surface area contributed by atoms with Crippen LogP contribution in [0.15, 0.2) is 83.5 Å². The van der Waals surface area contributed by atoms with Crippen molar-refractivity contribution < 1.29 is 18.4 Å². The molecule has 0 radical (unpaired) electrons. The van der Waals surface area contributed by atoms with Gasteiger partial charge in [-0.2, -0.15) is 0 Å². The number of rotatable bonds is 7. The average Bonchev–Trinajstić information content (AvgIpc) is 3.34. The van der Waals surface area contributed by atoms with E-state index in [1.807, 2.05) is 36.4 Å². The number of carbonyl (C=O) groups is 2.